The molecule has 0 bridgehead atoms. The number of hydrogen-bond donors (Lipinski definition) is 3. The maximum Gasteiger partial charge on any atom is 0.231 e. The van der Waals surface area contributed by atoms with Crippen LogP contribution < -0.4 is 16.4 Å². The van der Waals surface area contributed by atoms with Crippen LogP contribution in [-0.4, -0.2) is 65.1 Å². The number of rotatable bonds is 9. The maximum atomic E-state index is 11.0. The second kappa shape index (κ2) is 10.8. The maximum absolute atomic E-state index is 11.0. The van der Waals surface area contributed by atoms with Gasteiger partial charge in [-0.05, 0) is 39.5 Å². The summed E-state index contributed by atoms with van der Waals surface area (Å²) in [5.74, 6) is 1.70. The van der Waals surface area contributed by atoms with Crippen LogP contribution in [0.2, 0.25) is 0 Å². The van der Waals surface area contributed by atoms with Gasteiger partial charge in [0.25, 0.3) is 0 Å². The first kappa shape index (κ1) is 20.2. The number of likely N-dealkylation sites (tertiary alicyclic amines) is 1. The standard InChI is InChI=1S/C18H33N7O/c1-3-20-18(22-8-4-5-10-25-13-9-21-15(25)2)23-16-6-11-24(12-7-16)14-17(19)26/h9,13,16H,3-8,10-12,14H2,1-2H3,(H2,19,26)(H2,20,22,23). The summed E-state index contributed by atoms with van der Waals surface area (Å²) >= 11 is 0. The highest BCUT2D eigenvalue weighted by Gasteiger charge is 2.20. The molecule has 0 radical (unpaired) electrons. The molecule has 8 heteroatoms. The molecule has 2 rings (SSSR count). The van der Waals surface area contributed by atoms with Crippen LogP contribution in [-0.2, 0) is 11.3 Å². The van der Waals surface area contributed by atoms with Crippen LogP contribution >= 0.6 is 0 Å². The van der Waals surface area contributed by atoms with E-state index in [0.29, 0.717) is 12.6 Å². The zero-order valence-electron chi connectivity index (χ0n) is 16.1. The lowest BCUT2D eigenvalue weighted by molar-refractivity contribution is -0.119. The summed E-state index contributed by atoms with van der Waals surface area (Å²) in [6, 6.07) is 0.394. The molecular weight excluding hydrogens is 330 g/mol. The second-order valence-corrected chi connectivity index (χ2v) is 6.80. The van der Waals surface area contributed by atoms with E-state index in [4.69, 9.17) is 10.7 Å². The number of primary amides is 1. The van der Waals surface area contributed by atoms with E-state index in [-0.39, 0.29) is 5.91 Å². The summed E-state index contributed by atoms with van der Waals surface area (Å²) in [7, 11) is 0. The SMILES string of the molecule is CCNC(=NCCCCn1ccnc1C)NC1CCN(CC(N)=O)CC1. The number of aromatic nitrogens is 2. The topological polar surface area (TPSA) is 101 Å². The lowest BCUT2D eigenvalue weighted by atomic mass is 10.1. The molecule has 8 nitrogen and oxygen atoms in total. The van der Waals surface area contributed by atoms with Gasteiger partial charge in [0.05, 0.1) is 6.54 Å². The van der Waals surface area contributed by atoms with E-state index >= 15 is 0 Å². The summed E-state index contributed by atoms with van der Waals surface area (Å²) in [6.07, 6.45) is 8.00. The van der Waals surface area contributed by atoms with Crippen LogP contribution in [0.1, 0.15) is 38.4 Å². The summed E-state index contributed by atoms with van der Waals surface area (Å²) in [5.41, 5.74) is 5.27. The fourth-order valence-electron chi connectivity index (χ4n) is 3.19. The molecule has 1 fully saturated rings. The molecule has 0 unspecified atom stereocenters. The Morgan fingerprint density at radius 2 is 2.15 bits per heavy atom. The largest absolute Gasteiger partial charge is 0.369 e. The van der Waals surface area contributed by atoms with Crippen molar-refractivity contribution in [1.82, 2.24) is 25.1 Å². The number of amides is 1. The van der Waals surface area contributed by atoms with Gasteiger partial charge in [-0.2, -0.15) is 0 Å². The van der Waals surface area contributed by atoms with Gasteiger partial charge >= 0.3 is 0 Å². The molecule has 0 aliphatic carbocycles. The number of aliphatic imine (C=N–C) groups is 1. The third kappa shape index (κ3) is 7.03. The van der Waals surface area contributed by atoms with E-state index < -0.39 is 0 Å². The first-order valence-electron chi connectivity index (χ1n) is 9.61. The predicted molar refractivity (Wildman–Crippen MR) is 104 cm³/mol. The molecule has 1 aromatic rings. The van der Waals surface area contributed by atoms with Crippen LogP contribution in [0.5, 0.6) is 0 Å². The van der Waals surface area contributed by atoms with Gasteiger partial charge in [-0.1, -0.05) is 0 Å². The molecule has 1 aliphatic heterocycles. The first-order chi connectivity index (χ1) is 12.6. The normalized spacial score (nSPS) is 16.6. The third-order valence-corrected chi connectivity index (χ3v) is 4.65. The minimum atomic E-state index is -0.253. The lowest BCUT2D eigenvalue weighted by Crippen LogP contribution is -2.49. The molecule has 26 heavy (non-hydrogen) atoms. The molecule has 0 spiro atoms. The number of aryl methyl sites for hydroxylation is 2. The number of nitrogens with zero attached hydrogens (tertiary/aromatic N) is 4. The molecule has 1 amide bonds. The van der Waals surface area contributed by atoms with Crippen molar-refractivity contribution >= 4 is 11.9 Å². The minimum Gasteiger partial charge on any atom is -0.369 e. The van der Waals surface area contributed by atoms with Crippen molar-refractivity contribution in [3.05, 3.63) is 18.2 Å². The number of guanidine groups is 1. The number of nitrogens with two attached hydrogens (primary N) is 1. The van der Waals surface area contributed by atoms with E-state index in [1.165, 1.54) is 0 Å². The average molecular weight is 364 g/mol. The summed E-state index contributed by atoms with van der Waals surface area (Å²) < 4.78 is 2.17. The highest BCUT2D eigenvalue weighted by molar-refractivity contribution is 5.80. The Labute approximate surface area is 156 Å². The summed E-state index contributed by atoms with van der Waals surface area (Å²) in [4.78, 5) is 22.1. The Kier molecular flexibility index (Phi) is 8.40. The van der Waals surface area contributed by atoms with Crippen molar-refractivity contribution in [3.63, 3.8) is 0 Å². The number of carbonyl (C=O) groups excluding carboxylic acids is 1. The Morgan fingerprint density at radius 3 is 2.77 bits per heavy atom. The fourth-order valence-corrected chi connectivity index (χ4v) is 3.19. The molecule has 1 saturated heterocycles. The predicted octanol–water partition coefficient (Wildman–Crippen LogP) is 0.477. The Bertz CT molecular complexity index is 576. The Morgan fingerprint density at radius 1 is 1.38 bits per heavy atom. The van der Waals surface area contributed by atoms with Gasteiger partial charge in [0, 0.05) is 51.2 Å². The van der Waals surface area contributed by atoms with Crippen molar-refractivity contribution in [2.75, 3.05) is 32.7 Å². The van der Waals surface area contributed by atoms with Crippen molar-refractivity contribution < 1.29 is 4.79 Å². The van der Waals surface area contributed by atoms with Crippen LogP contribution in [0.4, 0.5) is 0 Å². The van der Waals surface area contributed by atoms with Gasteiger partial charge in [0.1, 0.15) is 5.82 Å². The van der Waals surface area contributed by atoms with E-state index in [9.17, 15) is 4.79 Å². The summed E-state index contributed by atoms with van der Waals surface area (Å²) in [6.45, 7) is 8.90. The van der Waals surface area contributed by atoms with E-state index in [1.54, 1.807) is 0 Å². The van der Waals surface area contributed by atoms with Crippen LogP contribution in [0, 0.1) is 6.92 Å². The average Bonchev–Trinajstić information content (AvgIpc) is 3.01. The first-order valence-corrected chi connectivity index (χ1v) is 9.61. The molecule has 1 aliphatic rings. The molecule has 4 N–H and O–H groups in total. The second-order valence-electron chi connectivity index (χ2n) is 6.80. The number of carbonyl (C=O) groups is 1. The number of hydrogen-bond acceptors (Lipinski definition) is 4. The minimum absolute atomic E-state index is 0.253. The molecule has 0 saturated carbocycles. The van der Waals surface area contributed by atoms with Gasteiger partial charge < -0.3 is 20.9 Å². The van der Waals surface area contributed by atoms with Crippen molar-refractivity contribution in [2.24, 2.45) is 10.7 Å². The molecular formula is C18H33N7O. The fraction of sp³-hybridized carbons (Fsp3) is 0.722. The molecule has 1 aromatic heterocycles. The summed E-state index contributed by atoms with van der Waals surface area (Å²) in [5, 5.41) is 6.85. The zero-order valence-corrected chi connectivity index (χ0v) is 16.1. The van der Waals surface area contributed by atoms with Gasteiger partial charge in [-0.25, -0.2) is 4.98 Å². The molecule has 0 atom stereocenters. The van der Waals surface area contributed by atoms with Crippen molar-refractivity contribution in [2.45, 2.75) is 52.1 Å². The number of piperidine rings is 1. The number of unbranched alkanes of at least 4 members (excludes halogenated alkanes) is 1. The van der Waals surface area contributed by atoms with Crippen molar-refractivity contribution in [3.8, 4) is 0 Å². The monoisotopic (exact) mass is 363 g/mol. The third-order valence-electron chi connectivity index (χ3n) is 4.65. The molecule has 146 valence electrons. The van der Waals surface area contributed by atoms with E-state index in [0.717, 1.165) is 70.2 Å². The van der Waals surface area contributed by atoms with Gasteiger partial charge in [0.2, 0.25) is 5.91 Å². The molecule has 0 aromatic carbocycles. The highest BCUT2D eigenvalue weighted by Crippen LogP contribution is 2.09. The Balaban J connectivity index is 1.69. The van der Waals surface area contributed by atoms with Gasteiger partial charge in [-0.15, -0.1) is 0 Å². The van der Waals surface area contributed by atoms with Crippen LogP contribution in [0.25, 0.3) is 0 Å². The van der Waals surface area contributed by atoms with Crippen molar-refractivity contribution in [1.29, 1.82) is 0 Å². The lowest BCUT2D eigenvalue weighted by Gasteiger charge is -2.32. The highest BCUT2D eigenvalue weighted by atomic mass is 16.1. The number of imidazole rings is 1. The molecule has 2 heterocycles. The van der Waals surface area contributed by atoms with E-state index in [1.807, 2.05) is 19.3 Å². The van der Waals surface area contributed by atoms with Crippen LogP contribution in [0.3, 0.4) is 0 Å². The quantitative estimate of drug-likeness (QED) is 0.336. The van der Waals surface area contributed by atoms with Gasteiger partial charge in [0.15, 0.2) is 5.96 Å². The van der Waals surface area contributed by atoms with E-state index in [2.05, 4.69) is 32.0 Å². The van der Waals surface area contributed by atoms with Gasteiger partial charge in [-0.3, -0.25) is 14.7 Å². The Hall–Kier alpha value is -2.09. The number of nitrogens with one attached hydrogen (secondary N) is 2. The smallest absolute Gasteiger partial charge is 0.231 e. The van der Waals surface area contributed by atoms with Crippen LogP contribution in [0.15, 0.2) is 17.4 Å². The zero-order chi connectivity index (χ0) is 18.8.